The fourth-order valence-electron chi connectivity index (χ4n) is 3.26. The number of ether oxygens (including phenoxy) is 1. The molecule has 0 saturated carbocycles. The molecule has 3 heterocycles. The Hall–Kier alpha value is -4.20. The number of pyridine rings is 1. The number of alkyl halides is 3. The number of hydrogen-bond acceptors (Lipinski definition) is 8. The molecule has 34 heavy (non-hydrogen) atoms. The highest BCUT2D eigenvalue weighted by molar-refractivity contribution is 5.98. The van der Waals surface area contributed by atoms with E-state index in [1.165, 1.54) is 25.3 Å². The highest BCUT2D eigenvalue weighted by Crippen LogP contribution is 2.37. The average Bonchev–Trinajstić information content (AvgIpc) is 3.42. The first-order valence-electron chi connectivity index (χ1n) is 9.82. The number of benzene rings is 1. The van der Waals surface area contributed by atoms with Gasteiger partial charge in [-0.05, 0) is 31.2 Å². The van der Waals surface area contributed by atoms with Gasteiger partial charge >= 0.3 is 11.9 Å². The Morgan fingerprint density at radius 2 is 2.03 bits per heavy atom. The fourth-order valence-corrected chi connectivity index (χ4v) is 3.26. The molecule has 0 aliphatic heterocycles. The monoisotopic (exact) mass is 477 g/mol. The molecule has 3 aromatic heterocycles. The summed E-state index contributed by atoms with van der Waals surface area (Å²) in [4.78, 5) is 34.2. The number of aromatic nitrogens is 5. The number of nitrogens with two attached hydrogens (primary N) is 1. The number of amides is 1. The van der Waals surface area contributed by atoms with E-state index in [1.807, 2.05) is 0 Å². The van der Waals surface area contributed by atoms with E-state index in [4.69, 9.17) is 14.9 Å². The van der Waals surface area contributed by atoms with Crippen molar-refractivity contribution in [3.8, 4) is 17.2 Å². The molecule has 4 aromatic rings. The van der Waals surface area contributed by atoms with Crippen LogP contribution < -0.4 is 21.5 Å². The van der Waals surface area contributed by atoms with E-state index in [2.05, 4.69) is 30.5 Å². The summed E-state index contributed by atoms with van der Waals surface area (Å²) < 4.78 is 50.5. The van der Waals surface area contributed by atoms with Crippen LogP contribution in [0.25, 0.3) is 22.4 Å². The molecule has 0 unspecified atom stereocenters. The van der Waals surface area contributed by atoms with Gasteiger partial charge in [-0.2, -0.15) is 18.3 Å². The number of hydrogen-bond donors (Lipinski definition) is 4. The van der Waals surface area contributed by atoms with Crippen molar-refractivity contribution in [2.75, 3.05) is 7.11 Å². The molecule has 0 saturated heterocycles. The lowest BCUT2D eigenvalue weighted by Gasteiger charge is -2.11. The number of halogens is 3. The molecule has 4 rings (SSSR count). The van der Waals surface area contributed by atoms with Crippen molar-refractivity contribution in [1.82, 2.24) is 30.5 Å². The predicted octanol–water partition coefficient (Wildman–Crippen LogP) is 2.28. The summed E-state index contributed by atoms with van der Waals surface area (Å²) in [6, 6.07) is 4.29. The standard InChI is InChI=1S/C20H18F3N7O4/c1-8(24)16-15(17(31)25-7-13-27-19(32)30-29-13)28-18(34-16)10-3-5-11(33-2)14-9(10)4-6-12(26-14)20(21,22)23/h3-6,8H,7,24H2,1-2H3,(H,25,31)(H2,27,29,30,32)/t8-/m0/s1. The van der Waals surface area contributed by atoms with E-state index in [-0.39, 0.29) is 51.9 Å². The summed E-state index contributed by atoms with van der Waals surface area (Å²) in [6.45, 7) is 1.48. The number of carbonyl (C=O) groups is 1. The minimum Gasteiger partial charge on any atom is -0.494 e. The molecule has 0 fully saturated rings. The lowest BCUT2D eigenvalue weighted by molar-refractivity contribution is -0.140. The number of aromatic amines is 2. The van der Waals surface area contributed by atoms with Crippen molar-refractivity contribution in [2.24, 2.45) is 5.73 Å². The number of oxazole rings is 1. The van der Waals surface area contributed by atoms with E-state index in [0.717, 1.165) is 6.07 Å². The van der Waals surface area contributed by atoms with Gasteiger partial charge in [0.1, 0.15) is 22.8 Å². The average molecular weight is 477 g/mol. The van der Waals surface area contributed by atoms with Gasteiger partial charge in [0.25, 0.3) is 5.91 Å². The van der Waals surface area contributed by atoms with Gasteiger partial charge in [-0.25, -0.2) is 19.9 Å². The van der Waals surface area contributed by atoms with Gasteiger partial charge < -0.3 is 20.2 Å². The van der Waals surface area contributed by atoms with Crippen molar-refractivity contribution < 1.29 is 27.1 Å². The molecule has 0 radical (unpaired) electrons. The minimum atomic E-state index is -4.65. The van der Waals surface area contributed by atoms with Crippen molar-refractivity contribution in [1.29, 1.82) is 0 Å². The molecular formula is C20H18F3N7O4. The zero-order valence-corrected chi connectivity index (χ0v) is 17.8. The molecule has 1 amide bonds. The van der Waals surface area contributed by atoms with Crippen molar-refractivity contribution >= 4 is 16.8 Å². The summed E-state index contributed by atoms with van der Waals surface area (Å²) >= 11 is 0. The third kappa shape index (κ3) is 4.34. The lowest BCUT2D eigenvalue weighted by atomic mass is 10.1. The van der Waals surface area contributed by atoms with E-state index < -0.39 is 29.5 Å². The Morgan fingerprint density at radius 3 is 2.65 bits per heavy atom. The molecule has 0 aliphatic rings. The van der Waals surface area contributed by atoms with Crippen LogP contribution in [0, 0.1) is 0 Å². The number of carbonyl (C=O) groups excluding carboxylic acids is 1. The predicted molar refractivity (Wildman–Crippen MR) is 112 cm³/mol. The summed E-state index contributed by atoms with van der Waals surface area (Å²) in [5.41, 5.74) is 4.44. The van der Waals surface area contributed by atoms with Gasteiger partial charge in [0.05, 0.1) is 19.7 Å². The third-order valence-electron chi connectivity index (χ3n) is 4.81. The van der Waals surface area contributed by atoms with Crippen molar-refractivity contribution in [3.05, 3.63) is 57.7 Å². The van der Waals surface area contributed by atoms with Crippen LogP contribution in [0.1, 0.15) is 40.7 Å². The molecule has 1 aromatic carbocycles. The fraction of sp³-hybridized carbons (Fsp3) is 0.250. The lowest BCUT2D eigenvalue weighted by Crippen LogP contribution is -2.26. The second-order valence-corrected chi connectivity index (χ2v) is 7.23. The molecule has 0 aliphatic carbocycles. The quantitative estimate of drug-likeness (QED) is 0.328. The normalized spacial score (nSPS) is 12.6. The summed E-state index contributed by atoms with van der Waals surface area (Å²) in [5.74, 6) is -0.319. The smallest absolute Gasteiger partial charge is 0.433 e. The van der Waals surface area contributed by atoms with Crippen LogP contribution in [0.5, 0.6) is 5.75 Å². The molecule has 0 bridgehead atoms. The van der Waals surface area contributed by atoms with Crippen LogP contribution in [0.3, 0.4) is 0 Å². The minimum absolute atomic E-state index is 0.0418. The number of rotatable bonds is 6. The molecular weight excluding hydrogens is 459 g/mol. The van der Waals surface area contributed by atoms with Crippen LogP contribution in [0.2, 0.25) is 0 Å². The van der Waals surface area contributed by atoms with Crippen molar-refractivity contribution in [2.45, 2.75) is 25.7 Å². The Bertz CT molecular complexity index is 1420. The van der Waals surface area contributed by atoms with E-state index in [1.54, 1.807) is 6.92 Å². The van der Waals surface area contributed by atoms with Crippen LogP contribution in [0.15, 0.2) is 33.5 Å². The Balaban J connectivity index is 1.76. The third-order valence-corrected chi connectivity index (χ3v) is 4.81. The van der Waals surface area contributed by atoms with Gasteiger partial charge in [0, 0.05) is 10.9 Å². The maximum atomic E-state index is 13.2. The van der Waals surface area contributed by atoms with Gasteiger partial charge in [-0.15, -0.1) is 0 Å². The van der Waals surface area contributed by atoms with E-state index in [9.17, 15) is 22.8 Å². The zero-order chi connectivity index (χ0) is 24.6. The maximum absolute atomic E-state index is 13.2. The topological polar surface area (TPSA) is 165 Å². The first-order valence-corrected chi connectivity index (χ1v) is 9.82. The summed E-state index contributed by atoms with van der Waals surface area (Å²) in [6.07, 6.45) is -4.65. The molecule has 1 atom stereocenters. The van der Waals surface area contributed by atoms with Crippen LogP contribution in [0.4, 0.5) is 13.2 Å². The molecule has 0 spiro atoms. The van der Waals surface area contributed by atoms with E-state index in [0.29, 0.717) is 0 Å². The molecule has 178 valence electrons. The second-order valence-electron chi connectivity index (χ2n) is 7.23. The largest absolute Gasteiger partial charge is 0.494 e. The number of methoxy groups -OCH3 is 1. The molecule has 11 nitrogen and oxygen atoms in total. The highest BCUT2D eigenvalue weighted by Gasteiger charge is 2.33. The summed E-state index contributed by atoms with van der Waals surface area (Å²) in [5, 5.41) is 8.68. The number of nitrogens with one attached hydrogen (secondary N) is 3. The zero-order valence-electron chi connectivity index (χ0n) is 17.8. The van der Waals surface area contributed by atoms with Gasteiger partial charge in [0.2, 0.25) is 5.89 Å². The number of H-pyrrole nitrogens is 2. The first-order chi connectivity index (χ1) is 16.1. The second kappa shape index (κ2) is 8.62. The first kappa shape index (κ1) is 23.0. The van der Waals surface area contributed by atoms with Gasteiger partial charge in [-0.3, -0.25) is 9.78 Å². The van der Waals surface area contributed by atoms with Crippen molar-refractivity contribution in [3.63, 3.8) is 0 Å². The Morgan fingerprint density at radius 1 is 1.26 bits per heavy atom. The SMILES string of the molecule is COc1ccc(-c2nc(C(=O)NCc3n[nH]c(=O)[nH]3)c([C@H](C)N)o2)c2ccc(C(F)(F)F)nc12. The Labute approximate surface area is 188 Å². The van der Waals surface area contributed by atoms with Gasteiger partial charge in [0.15, 0.2) is 11.5 Å². The molecule has 5 N–H and O–H groups in total. The molecule has 14 heteroatoms. The van der Waals surface area contributed by atoms with Gasteiger partial charge in [-0.1, -0.05) is 0 Å². The number of nitrogens with zero attached hydrogens (tertiary/aromatic N) is 3. The van der Waals surface area contributed by atoms with E-state index >= 15 is 0 Å². The van der Waals surface area contributed by atoms with Crippen LogP contribution >= 0.6 is 0 Å². The highest BCUT2D eigenvalue weighted by atomic mass is 19.4. The van der Waals surface area contributed by atoms with Crippen LogP contribution in [-0.4, -0.2) is 38.2 Å². The summed E-state index contributed by atoms with van der Waals surface area (Å²) in [7, 11) is 1.31. The number of fused-ring (bicyclic) bond motifs is 1. The Kier molecular flexibility index (Phi) is 5.83. The maximum Gasteiger partial charge on any atom is 0.433 e. The van der Waals surface area contributed by atoms with Crippen LogP contribution in [-0.2, 0) is 12.7 Å².